The Balaban J connectivity index is 1.63. The quantitative estimate of drug-likeness (QED) is 0.739. The number of Topliss-reactive ketones (excluding diaryl/α,β-unsaturated/α-hetero) is 1. The van der Waals surface area contributed by atoms with Gasteiger partial charge < -0.3 is 9.47 Å². The third-order valence-electron chi connectivity index (χ3n) is 6.37. The summed E-state index contributed by atoms with van der Waals surface area (Å²) in [6.07, 6.45) is 1.04. The zero-order chi connectivity index (χ0) is 23.5. The van der Waals surface area contributed by atoms with Gasteiger partial charge in [0.15, 0.2) is 17.3 Å². The van der Waals surface area contributed by atoms with E-state index in [1.807, 2.05) is 26.0 Å². The lowest BCUT2D eigenvalue weighted by molar-refractivity contribution is -0.121. The van der Waals surface area contributed by atoms with Crippen LogP contribution in [-0.2, 0) is 19.6 Å². The van der Waals surface area contributed by atoms with Crippen LogP contribution in [0.1, 0.15) is 44.6 Å². The first-order valence-corrected chi connectivity index (χ1v) is 12.2. The number of benzene rings is 2. The van der Waals surface area contributed by atoms with Gasteiger partial charge in [-0.15, -0.1) is 0 Å². The second-order valence-electron chi connectivity index (χ2n) is 9.44. The first-order chi connectivity index (χ1) is 15.5. The van der Waals surface area contributed by atoms with Crippen LogP contribution in [0.4, 0.5) is 5.69 Å². The van der Waals surface area contributed by atoms with E-state index >= 15 is 0 Å². The number of nitrogens with two attached hydrogens (primary N) is 1. The topological polar surface area (TPSA) is 116 Å². The standard InChI is InChI=1S/C24H24N2O6S/c1-24(2)11-18-23(19(27)12-24)17(14-3-8-20-21(9-14)32-13-31-20)10-22(28)26(18)15-4-6-16(7-5-15)33(25,29)30/h3-9,17H,10-13H2,1-2H3,(H2,25,29,30). The second kappa shape index (κ2) is 7.43. The highest BCUT2D eigenvalue weighted by atomic mass is 32.2. The minimum Gasteiger partial charge on any atom is -0.454 e. The number of ketones is 1. The molecule has 1 unspecified atom stereocenters. The van der Waals surface area contributed by atoms with E-state index in [-0.39, 0.29) is 41.1 Å². The van der Waals surface area contributed by atoms with Gasteiger partial charge in [-0.1, -0.05) is 19.9 Å². The van der Waals surface area contributed by atoms with Crippen LogP contribution in [0, 0.1) is 5.41 Å². The van der Waals surface area contributed by atoms with E-state index in [2.05, 4.69) is 0 Å². The van der Waals surface area contributed by atoms with E-state index in [1.54, 1.807) is 23.1 Å². The van der Waals surface area contributed by atoms with Crippen molar-refractivity contribution in [3.63, 3.8) is 0 Å². The molecule has 0 aromatic heterocycles. The number of carbonyl (C=O) groups is 2. The Kier molecular flexibility index (Phi) is 4.88. The Bertz CT molecular complexity index is 1310. The van der Waals surface area contributed by atoms with Gasteiger partial charge in [-0.05, 0) is 53.8 Å². The van der Waals surface area contributed by atoms with Gasteiger partial charge in [-0.2, -0.15) is 0 Å². The van der Waals surface area contributed by atoms with Gasteiger partial charge in [0.1, 0.15) is 0 Å². The summed E-state index contributed by atoms with van der Waals surface area (Å²) < 4.78 is 34.2. The molecule has 2 aromatic rings. The van der Waals surface area contributed by atoms with Crippen molar-refractivity contribution in [1.82, 2.24) is 0 Å². The molecule has 0 saturated heterocycles. The smallest absolute Gasteiger partial charge is 0.238 e. The minimum atomic E-state index is -3.86. The molecule has 8 nitrogen and oxygen atoms in total. The number of primary sulfonamides is 1. The molecule has 2 heterocycles. The van der Waals surface area contributed by atoms with Crippen molar-refractivity contribution >= 4 is 27.4 Å². The van der Waals surface area contributed by atoms with E-state index in [9.17, 15) is 18.0 Å². The molecule has 1 atom stereocenters. The lowest BCUT2D eigenvalue weighted by Crippen LogP contribution is -2.43. The number of nitrogens with zero attached hydrogens (tertiary/aromatic N) is 1. The number of hydrogen-bond acceptors (Lipinski definition) is 6. The molecular weight excluding hydrogens is 444 g/mol. The Morgan fingerprint density at radius 3 is 2.39 bits per heavy atom. The summed E-state index contributed by atoms with van der Waals surface area (Å²) in [7, 11) is -3.86. The van der Waals surface area contributed by atoms with Crippen LogP contribution in [0.25, 0.3) is 0 Å². The average Bonchev–Trinajstić information content (AvgIpc) is 3.19. The fraction of sp³-hybridized carbons (Fsp3) is 0.333. The summed E-state index contributed by atoms with van der Waals surface area (Å²) >= 11 is 0. The number of hydrogen-bond donors (Lipinski definition) is 1. The molecule has 0 bridgehead atoms. The zero-order valence-corrected chi connectivity index (χ0v) is 19.1. The first-order valence-electron chi connectivity index (χ1n) is 10.7. The number of amides is 1. The van der Waals surface area contributed by atoms with Gasteiger partial charge >= 0.3 is 0 Å². The van der Waals surface area contributed by atoms with E-state index in [4.69, 9.17) is 14.6 Å². The Morgan fingerprint density at radius 1 is 1.00 bits per heavy atom. The lowest BCUT2D eigenvalue weighted by atomic mass is 9.69. The summed E-state index contributed by atoms with van der Waals surface area (Å²) in [5.41, 5.74) is 2.32. The predicted octanol–water partition coefficient (Wildman–Crippen LogP) is 3.23. The van der Waals surface area contributed by atoms with Crippen molar-refractivity contribution < 1.29 is 27.5 Å². The molecule has 2 aliphatic heterocycles. The molecule has 5 rings (SSSR count). The van der Waals surface area contributed by atoms with Crippen LogP contribution in [0.2, 0.25) is 0 Å². The maximum atomic E-state index is 13.4. The molecule has 0 fully saturated rings. The minimum absolute atomic E-state index is 0.0163. The van der Waals surface area contributed by atoms with Crippen molar-refractivity contribution in [1.29, 1.82) is 0 Å². The molecule has 1 amide bonds. The molecule has 33 heavy (non-hydrogen) atoms. The zero-order valence-electron chi connectivity index (χ0n) is 18.3. The van der Waals surface area contributed by atoms with E-state index in [0.717, 1.165) is 5.56 Å². The summed E-state index contributed by atoms with van der Waals surface area (Å²) in [5.74, 6) is 0.716. The van der Waals surface area contributed by atoms with Crippen LogP contribution in [-0.4, -0.2) is 26.9 Å². The predicted molar refractivity (Wildman–Crippen MR) is 120 cm³/mol. The largest absolute Gasteiger partial charge is 0.454 e. The number of anilines is 1. The Morgan fingerprint density at radius 2 is 1.70 bits per heavy atom. The monoisotopic (exact) mass is 468 g/mol. The molecule has 0 radical (unpaired) electrons. The maximum Gasteiger partial charge on any atom is 0.238 e. The van der Waals surface area contributed by atoms with Gasteiger partial charge in [-0.25, -0.2) is 13.6 Å². The van der Waals surface area contributed by atoms with E-state index in [1.165, 1.54) is 12.1 Å². The van der Waals surface area contributed by atoms with Crippen LogP contribution in [0.5, 0.6) is 11.5 Å². The maximum absolute atomic E-state index is 13.4. The van der Waals surface area contributed by atoms with Gasteiger partial charge in [0.05, 0.1) is 4.90 Å². The first kappa shape index (κ1) is 21.7. The van der Waals surface area contributed by atoms with Crippen LogP contribution >= 0.6 is 0 Å². The normalized spacial score (nSPS) is 21.9. The third kappa shape index (κ3) is 3.81. The number of allylic oxidation sites excluding steroid dienone is 2. The van der Waals surface area contributed by atoms with Gasteiger partial charge in [0.2, 0.25) is 22.7 Å². The third-order valence-corrected chi connectivity index (χ3v) is 7.29. The van der Waals surface area contributed by atoms with Crippen LogP contribution < -0.4 is 19.5 Å². The number of ether oxygens (including phenoxy) is 2. The Hall–Kier alpha value is -3.17. The number of carbonyl (C=O) groups excluding carboxylic acids is 2. The van der Waals surface area contributed by atoms with Crippen molar-refractivity contribution in [3.8, 4) is 11.5 Å². The van der Waals surface area contributed by atoms with Crippen molar-refractivity contribution in [2.75, 3.05) is 11.7 Å². The summed E-state index contributed by atoms with van der Waals surface area (Å²) in [5, 5.41) is 5.21. The highest BCUT2D eigenvalue weighted by Gasteiger charge is 2.44. The number of fused-ring (bicyclic) bond motifs is 1. The fourth-order valence-electron chi connectivity index (χ4n) is 4.91. The van der Waals surface area contributed by atoms with Gasteiger partial charge in [0, 0.05) is 35.7 Å². The van der Waals surface area contributed by atoms with Crippen LogP contribution in [0.15, 0.2) is 58.6 Å². The van der Waals surface area contributed by atoms with Crippen molar-refractivity contribution in [3.05, 3.63) is 59.3 Å². The lowest BCUT2D eigenvalue weighted by Gasteiger charge is -2.43. The highest BCUT2D eigenvalue weighted by Crippen LogP contribution is 2.49. The number of sulfonamides is 1. The summed E-state index contributed by atoms with van der Waals surface area (Å²) in [6.45, 7) is 4.16. The molecule has 172 valence electrons. The number of rotatable bonds is 3. The summed E-state index contributed by atoms with van der Waals surface area (Å²) in [6, 6.07) is 11.4. The molecular formula is C24H24N2O6S. The SMILES string of the molecule is CC1(C)CC(=O)C2=C(C1)N(c1ccc(S(N)(=O)=O)cc1)C(=O)CC2c1ccc2c(c1)OCO2. The van der Waals surface area contributed by atoms with E-state index in [0.29, 0.717) is 41.3 Å². The molecule has 0 saturated carbocycles. The highest BCUT2D eigenvalue weighted by molar-refractivity contribution is 7.89. The van der Waals surface area contributed by atoms with Crippen molar-refractivity contribution in [2.45, 2.75) is 43.9 Å². The van der Waals surface area contributed by atoms with Gasteiger partial charge in [-0.3, -0.25) is 14.5 Å². The van der Waals surface area contributed by atoms with E-state index < -0.39 is 10.0 Å². The molecule has 2 N–H and O–H groups in total. The van der Waals surface area contributed by atoms with Gasteiger partial charge in [0.25, 0.3) is 0 Å². The Labute approximate surface area is 192 Å². The molecule has 2 aromatic carbocycles. The second-order valence-corrected chi connectivity index (χ2v) is 11.0. The molecule has 1 aliphatic carbocycles. The summed E-state index contributed by atoms with van der Waals surface area (Å²) in [4.78, 5) is 28.4. The average molecular weight is 469 g/mol. The van der Waals surface area contributed by atoms with Crippen LogP contribution in [0.3, 0.4) is 0 Å². The molecule has 0 spiro atoms. The molecule has 9 heteroatoms. The van der Waals surface area contributed by atoms with Crippen molar-refractivity contribution in [2.24, 2.45) is 10.6 Å². The molecule has 3 aliphatic rings. The fourth-order valence-corrected chi connectivity index (χ4v) is 5.43.